The third kappa shape index (κ3) is 4.31. The van der Waals surface area contributed by atoms with Crippen molar-refractivity contribution in [2.75, 3.05) is 6.61 Å². The molecule has 0 spiro atoms. The molecule has 4 rings (SSSR count). The van der Waals surface area contributed by atoms with Crippen molar-refractivity contribution in [2.45, 2.75) is 25.8 Å². The van der Waals surface area contributed by atoms with E-state index in [9.17, 15) is 9.59 Å². The molecule has 7 heteroatoms. The second-order valence-corrected chi connectivity index (χ2v) is 8.51. The summed E-state index contributed by atoms with van der Waals surface area (Å²) in [6, 6.07) is 14.8. The van der Waals surface area contributed by atoms with Crippen molar-refractivity contribution in [2.24, 2.45) is 5.10 Å². The fourth-order valence-corrected chi connectivity index (χ4v) is 4.72. The number of carbonyl (C=O) groups is 2. The Hall–Kier alpha value is -2.77. The van der Waals surface area contributed by atoms with Crippen molar-refractivity contribution < 1.29 is 14.3 Å². The van der Waals surface area contributed by atoms with Crippen LogP contribution in [0.2, 0.25) is 0 Å². The topological polar surface area (TPSA) is 59.0 Å². The molecule has 148 valence electrons. The van der Waals surface area contributed by atoms with Gasteiger partial charge in [0.15, 0.2) is 12.4 Å². The summed E-state index contributed by atoms with van der Waals surface area (Å²) in [5.74, 6) is 0.447. The SMILES string of the molecule is CCC(=O)c1ccc(OCC(=O)N2N=C(c3cccs3)C[C@H]2c2cccs2)cc1. The molecule has 0 saturated carbocycles. The van der Waals surface area contributed by atoms with E-state index in [1.807, 2.05) is 41.9 Å². The van der Waals surface area contributed by atoms with Crippen LogP contribution < -0.4 is 4.74 Å². The first-order valence-electron chi connectivity index (χ1n) is 9.38. The first kappa shape index (κ1) is 19.5. The number of ketones is 1. The lowest BCUT2D eigenvalue weighted by molar-refractivity contribution is -0.135. The van der Waals surface area contributed by atoms with Crippen LogP contribution in [0.5, 0.6) is 5.75 Å². The summed E-state index contributed by atoms with van der Waals surface area (Å²) in [6.07, 6.45) is 1.16. The standard InChI is InChI=1S/C22H20N2O3S2/c1-2-19(25)15-7-9-16(10-8-15)27-14-22(26)24-18(21-6-4-12-29-21)13-17(23-24)20-5-3-11-28-20/h3-12,18H,2,13-14H2,1H3/t18-/m0/s1. The van der Waals surface area contributed by atoms with Gasteiger partial charge in [0.2, 0.25) is 0 Å². The minimum atomic E-state index is -0.191. The van der Waals surface area contributed by atoms with Crippen LogP contribution in [0.4, 0.5) is 0 Å². The number of amides is 1. The van der Waals surface area contributed by atoms with Crippen molar-refractivity contribution >= 4 is 40.1 Å². The Bertz CT molecular complexity index is 1010. The fourth-order valence-electron chi connectivity index (χ4n) is 3.19. The predicted molar refractivity (Wildman–Crippen MR) is 116 cm³/mol. The Morgan fingerprint density at radius 1 is 1.10 bits per heavy atom. The number of hydrazone groups is 1. The molecule has 0 fully saturated rings. The van der Waals surface area contributed by atoms with Gasteiger partial charge in [0, 0.05) is 23.3 Å². The summed E-state index contributed by atoms with van der Waals surface area (Å²) in [5.41, 5.74) is 1.57. The van der Waals surface area contributed by atoms with Gasteiger partial charge in [-0.05, 0) is 47.2 Å². The summed E-state index contributed by atoms with van der Waals surface area (Å²) >= 11 is 3.25. The van der Waals surface area contributed by atoms with E-state index < -0.39 is 0 Å². The second-order valence-electron chi connectivity index (χ2n) is 6.59. The van der Waals surface area contributed by atoms with Crippen molar-refractivity contribution in [1.29, 1.82) is 0 Å². The number of nitrogens with zero attached hydrogens (tertiary/aromatic N) is 2. The molecule has 1 aromatic carbocycles. The van der Waals surface area contributed by atoms with Crippen LogP contribution in [0.1, 0.15) is 45.9 Å². The van der Waals surface area contributed by atoms with Gasteiger partial charge in [-0.3, -0.25) is 9.59 Å². The Balaban J connectivity index is 1.47. The Morgan fingerprint density at radius 2 is 1.86 bits per heavy atom. The van der Waals surface area contributed by atoms with E-state index in [1.165, 1.54) is 0 Å². The molecular formula is C22H20N2O3S2. The van der Waals surface area contributed by atoms with E-state index in [1.54, 1.807) is 51.9 Å². The van der Waals surface area contributed by atoms with Gasteiger partial charge in [0.25, 0.3) is 5.91 Å². The van der Waals surface area contributed by atoms with Crippen LogP contribution in [0.3, 0.4) is 0 Å². The maximum atomic E-state index is 12.9. The van der Waals surface area contributed by atoms with E-state index in [4.69, 9.17) is 4.74 Å². The maximum absolute atomic E-state index is 12.9. The van der Waals surface area contributed by atoms with Crippen molar-refractivity contribution in [1.82, 2.24) is 5.01 Å². The molecule has 1 amide bonds. The molecule has 0 N–H and O–H groups in total. The summed E-state index contributed by atoms with van der Waals surface area (Å²) < 4.78 is 5.67. The molecule has 1 aliphatic rings. The zero-order valence-corrected chi connectivity index (χ0v) is 17.5. The van der Waals surface area contributed by atoms with E-state index >= 15 is 0 Å². The van der Waals surface area contributed by atoms with Gasteiger partial charge in [-0.2, -0.15) is 5.10 Å². The highest BCUT2D eigenvalue weighted by atomic mass is 32.1. The highest BCUT2D eigenvalue weighted by Gasteiger charge is 2.34. The molecule has 1 aliphatic heterocycles. The first-order chi connectivity index (χ1) is 14.2. The number of carbonyl (C=O) groups excluding carboxylic acids is 2. The van der Waals surface area contributed by atoms with Crippen LogP contribution in [0, 0.1) is 0 Å². The van der Waals surface area contributed by atoms with Crippen molar-refractivity contribution in [3.8, 4) is 5.75 Å². The van der Waals surface area contributed by atoms with Gasteiger partial charge in [0.05, 0.1) is 16.6 Å². The molecule has 0 radical (unpaired) electrons. The minimum Gasteiger partial charge on any atom is -0.484 e. The van der Waals surface area contributed by atoms with Gasteiger partial charge < -0.3 is 4.74 Å². The van der Waals surface area contributed by atoms with E-state index in [-0.39, 0.29) is 24.3 Å². The lowest BCUT2D eigenvalue weighted by Gasteiger charge is -2.20. The van der Waals surface area contributed by atoms with Gasteiger partial charge in [-0.25, -0.2) is 5.01 Å². The second kappa shape index (κ2) is 8.71. The molecule has 1 atom stereocenters. The molecule has 0 aliphatic carbocycles. The molecule has 2 aromatic heterocycles. The number of rotatable bonds is 7. The third-order valence-electron chi connectivity index (χ3n) is 4.70. The van der Waals surface area contributed by atoms with Crippen LogP contribution in [0.25, 0.3) is 0 Å². The van der Waals surface area contributed by atoms with Crippen LogP contribution >= 0.6 is 22.7 Å². The monoisotopic (exact) mass is 424 g/mol. The molecule has 5 nitrogen and oxygen atoms in total. The smallest absolute Gasteiger partial charge is 0.281 e. The average Bonchev–Trinajstić information content (AvgIpc) is 3.51. The molecule has 0 bridgehead atoms. The highest BCUT2D eigenvalue weighted by molar-refractivity contribution is 7.12. The Morgan fingerprint density at radius 3 is 2.52 bits per heavy atom. The van der Waals surface area contributed by atoms with Crippen LogP contribution in [0.15, 0.2) is 64.4 Å². The zero-order valence-electron chi connectivity index (χ0n) is 15.9. The third-order valence-corrected chi connectivity index (χ3v) is 6.60. The molecule has 29 heavy (non-hydrogen) atoms. The average molecular weight is 425 g/mol. The number of benzene rings is 1. The van der Waals surface area contributed by atoms with E-state index in [2.05, 4.69) is 5.10 Å². The Kier molecular flexibility index (Phi) is 5.87. The number of Topliss-reactive ketones (excluding diaryl/α,β-unsaturated/α-hetero) is 1. The van der Waals surface area contributed by atoms with Crippen LogP contribution in [-0.4, -0.2) is 29.0 Å². The summed E-state index contributed by atoms with van der Waals surface area (Å²) in [7, 11) is 0. The van der Waals surface area contributed by atoms with E-state index in [0.717, 1.165) is 15.5 Å². The van der Waals surface area contributed by atoms with E-state index in [0.29, 0.717) is 24.2 Å². The number of ether oxygens (including phenoxy) is 1. The number of hydrogen-bond acceptors (Lipinski definition) is 6. The predicted octanol–water partition coefficient (Wildman–Crippen LogP) is 5.16. The molecule has 3 aromatic rings. The van der Waals surface area contributed by atoms with Crippen molar-refractivity contribution in [3.05, 3.63) is 74.6 Å². The fraction of sp³-hybridized carbons (Fsp3) is 0.227. The normalized spacial score (nSPS) is 16.0. The van der Waals surface area contributed by atoms with Gasteiger partial charge in [0.1, 0.15) is 5.75 Å². The molecule has 0 saturated heterocycles. The summed E-state index contributed by atoms with van der Waals surface area (Å²) in [5, 5.41) is 10.2. The maximum Gasteiger partial charge on any atom is 0.281 e. The van der Waals surface area contributed by atoms with Crippen molar-refractivity contribution in [3.63, 3.8) is 0 Å². The molecule has 3 heterocycles. The highest BCUT2D eigenvalue weighted by Crippen LogP contribution is 2.35. The molecule has 0 unspecified atom stereocenters. The summed E-state index contributed by atoms with van der Waals surface area (Å²) in [4.78, 5) is 26.8. The minimum absolute atomic E-state index is 0.0823. The first-order valence-corrected chi connectivity index (χ1v) is 11.1. The largest absolute Gasteiger partial charge is 0.484 e. The lowest BCUT2D eigenvalue weighted by atomic mass is 10.1. The molecular weight excluding hydrogens is 404 g/mol. The van der Waals surface area contributed by atoms with Gasteiger partial charge in [-0.1, -0.05) is 19.1 Å². The summed E-state index contributed by atoms with van der Waals surface area (Å²) in [6.45, 7) is 1.72. The zero-order chi connectivity index (χ0) is 20.2. The lowest BCUT2D eigenvalue weighted by Crippen LogP contribution is -2.31. The number of hydrogen-bond donors (Lipinski definition) is 0. The van der Waals surface area contributed by atoms with Crippen LogP contribution in [-0.2, 0) is 4.79 Å². The Labute approximate surface area is 177 Å². The number of thiophene rings is 2. The quantitative estimate of drug-likeness (QED) is 0.492. The van der Waals surface area contributed by atoms with Gasteiger partial charge in [-0.15, -0.1) is 22.7 Å². The van der Waals surface area contributed by atoms with Gasteiger partial charge >= 0.3 is 0 Å².